The third-order valence-electron chi connectivity index (χ3n) is 5.40. The van der Waals surface area contributed by atoms with Crippen LogP contribution in [0.4, 0.5) is 0 Å². The quantitative estimate of drug-likeness (QED) is 0.799. The molecule has 3 rings (SSSR count). The Morgan fingerprint density at radius 2 is 1.96 bits per heavy atom. The van der Waals surface area contributed by atoms with Crippen LogP contribution in [0.1, 0.15) is 36.1 Å². The Labute approximate surface area is 165 Å². The van der Waals surface area contributed by atoms with E-state index in [1.807, 2.05) is 50.2 Å². The van der Waals surface area contributed by atoms with Gasteiger partial charge in [0, 0.05) is 38.4 Å². The van der Waals surface area contributed by atoms with Gasteiger partial charge >= 0.3 is 0 Å². The Kier molecular flexibility index (Phi) is 6.41. The van der Waals surface area contributed by atoms with E-state index in [1.54, 1.807) is 22.2 Å². The summed E-state index contributed by atoms with van der Waals surface area (Å²) in [6.45, 7) is 5.02. The number of benzene rings is 1. The minimum absolute atomic E-state index is 0.00182. The molecule has 1 fully saturated rings. The second-order valence-corrected chi connectivity index (χ2v) is 7.13. The van der Waals surface area contributed by atoms with Crippen molar-refractivity contribution < 1.29 is 14.7 Å². The normalized spacial score (nSPS) is 19.1. The molecule has 1 aromatic heterocycles. The molecule has 1 N–H and O–H groups in total. The highest BCUT2D eigenvalue weighted by atomic mass is 16.3. The van der Waals surface area contributed by atoms with Crippen molar-refractivity contribution in [1.29, 1.82) is 0 Å². The molecule has 6 heteroatoms. The topological polar surface area (TPSA) is 73.7 Å². The maximum Gasteiger partial charge on any atom is 0.229 e. The van der Waals surface area contributed by atoms with Crippen LogP contribution in [0.5, 0.6) is 0 Å². The van der Waals surface area contributed by atoms with Gasteiger partial charge in [-0.1, -0.05) is 24.3 Å². The molecule has 2 aromatic rings. The molecule has 28 heavy (non-hydrogen) atoms. The monoisotopic (exact) mass is 381 g/mol. The van der Waals surface area contributed by atoms with Crippen molar-refractivity contribution in [2.24, 2.45) is 5.92 Å². The van der Waals surface area contributed by atoms with E-state index < -0.39 is 5.92 Å². The summed E-state index contributed by atoms with van der Waals surface area (Å²) < 4.78 is 0. The summed E-state index contributed by atoms with van der Waals surface area (Å²) in [5.41, 5.74) is 3.03. The maximum absolute atomic E-state index is 13.5. The Balaban J connectivity index is 1.92. The van der Waals surface area contributed by atoms with E-state index in [4.69, 9.17) is 0 Å². The lowest BCUT2D eigenvalue weighted by atomic mass is 9.89. The van der Waals surface area contributed by atoms with Crippen LogP contribution in [0.3, 0.4) is 0 Å². The molecule has 1 aliphatic heterocycles. The van der Waals surface area contributed by atoms with E-state index in [0.717, 1.165) is 16.7 Å². The molecule has 6 nitrogen and oxygen atoms in total. The molecular weight excluding hydrogens is 354 g/mol. The zero-order valence-corrected chi connectivity index (χ0v) is 16.4. The number of aryl methyl sites for hydroxylation is 1. The summed E-state index contributed by atoms with van der Waals surface area (Å²) in [7, 11) is 0. The Hall–Kier alpha value is -2.73. The van der Waals surface area contributed by atoms with Crippen molar-refractivity contribution in [3.05, 3.63) is 65.5 Å². The van der Waals surface area contributed by atoms with Crippen molar-refractivity contribution in [1.82, 2.24) is 14.8 Å². The van der Waals surface area contributed by atoms with Gasteiger partial charge in [0.2, 0.25) is 11.8 Å². The average molecular weight is 381 g/mol. The number of carbonyl (C=O) groups excluding carboxylic acids is 2. The van der Waals surface area contributed by atoms with Crippen LogP contribution in [0, 0.1) is 12.8 Å². The van der Waals surface area contributed by atoms with Gasteiger partial charge in [0.25, 0.3) is 0 Å². The minimum atomic E-state index is -0.457. The summed E-state index contributed by atoms with van der Waals surface area (Å²) in [6.07, 6.45) is 3.57. The van der Waals surface area contributed by atoms with Crippen LogP contribution in [-0.4, -0.2) is 51.4 Å². The number of hydrogen-bond donors (Lipinski definition) is 1. The maximum atomic E-state index is 13.5. The first-order chi connectivity index (χ1) is 13.6. The summed E-state index contributed by atoms with van der Waals surface area (Å²) in [6, 6.07) is 11.4. The summed E-state index contributed by atoms with van der Waals surface area (Å²) in [5.74, 6) is -0.549. The molecule has 0 aliphatic carbocycles. The summed E-state index contributed by atoms with van der Waals surface area (Å²) in [5, 5.41) is 9.50. The number of pyridine rings is 1. The number of amides is 2. The summed E-state index contributed by atoms with van der Waals surface area (Å²) in [4.78, 5) is 33.6. The molecule has 2 heterocycles. The van der Waals surface area contributed by atoms with Crippen molar-refractivity contribution in [2.75, 3.05) is 19.7 Å². The fraction of sp³-hybridized carbons (Fsp3) is 0.409. The third kappa shape index (κ3) is 4.07. The molecule has 1 saturated heterocycles. The fourth-order valence-electron chi connectivity index (χ4n) is 4.02. The number of aromatic nitrogens is 1. The standard InChI is InChI=1S/C22H27N3O3/c1-3-25-20(27)14-19(21(25)18-7-5-4-6-16(18)2)22(28)24(12-13-26)15-17-8-10-23-11-9-17/h4-11,19,21,26H,3,12-15H2,1-2H3/t19-,21+/m1/s1. The lowest BCUT2D eigenvalue weighted by molar-refractivity contribution is -0.137. The van der Waals surface area contributed by atoms with E-state index in [-0.39, 0.29) is 37.4 Å². The summed E-state index contributed by atoms with van der Waals surface area (Å²) >= 11 is 0. The van der Waals surface area contributed by atoms with Gasteiger partial charge in [-0.2, -0.15) is 0 Å². The Morgan fingerprint density at radius 1 is 1.25 bits per heavy atom. The van der Waals surface area contributed by atoms with Gasteiger partial charge in [-0.05, 0) is 42.7 Å². The molecule has 1 aliphatic rings. The molecular formula is C22H27N3O3. The number of likely N-dealkylation sites (tertiary alicyclic amines) is 1. The van der Waals surface area contributed by atoms with E-state index in [0.29, 0.717) is 13.1 Å². The predicted molar refractivity (Wildman–Crippen MR) is 106 cm³/mol. The van der Waals surface area contributed by atoms with Crippen LogP contribution in [0.2, 0.25) is 0 Å². The number of hydrogen-bond acceptors (Lipinski definition) is 4. The molecule has 0 spiro atoms. The van der Waals surface area contributed by atoms with Gasteiger partial charge in [-0.15, -0.1) is 0 Å². The van der Waals surface area contributed by atoms with Gasteiger partial charge < -0.3 is 14.9 Å². The largest absolute Gasteiger partial charge is 0.395 e. The Bertz CT molecular complexity index is 825. The van der Waals surface area contributed by atoms with Gasteiger partial charge in [0.05, 0.1) is 18.6 Å². The van der Waals surface area contributed by atoms with Crippen molar-refractivity contribution in [3.63, 3.8) is 0 Å². The van der Waals surface area contributed by atoms with Gasteiger partial charge in [0.1, 0.15) is 0 Å². The zero-order valence-electron chi connectivity index (χ0n) is 16.4. The predicted octanol–water partition coefficient (Wildman–Crippen LogP) is 2.32. The van der Waals surface area contributed by atoms with E-state index in [1.165, 1.54) is 0 Å². The molecule has 0 saturated carbocycles. The van der Waals surface area contributed by atoms with E-state index >= 15 is 0 Å². The lowest BCUT2D eigenvalue weighted by Gasteiger charge is -2.31. The van der Waals surface area contributed by atoms with Crippen LogP contribution in [0.25, 0.3) is 0 Å². The highest BCUT2D eigenvalue weighted by Gasteiger charge is 2.45. The van der Waals surface area contributed by atoms with Crippen LogP contribution < -0.4 is 0 Å². The number of rotatable bonds is 7. The first-order valence-corrected chi connectivity index (χ1v) is 9.70. The number of aliphatic hydroxyl groups is 1. The zero-order chi connectivity index (χ0) is 20.1. The van der Waals surface area contributed by atoms with Gasteiger partial charge in [0.15, 0.2) is 0 Å². The molecule has 2 atom stereocenters. The molecule has 2 amide bonds. The molecule has 148 valence electrons. The fourth-order valence-corrected chi connectivity index (χ4v) is 4.02. The lowest BCUT2D eigenvalue weighted by Crippen LogP contribution is -2.40. The van der Waals surface area contributed by atoms with Crippen molar-refractivity contribution in [2.45, 2.75) is 32.9 Å². The highest BCUT2D eigenvalue weighted by Crippen LogP contribution is 2.40. The van der Waals surface area contributed by atoms with Crippen molar-refractivity contribution in [3.8, 4) is 0 Å². The average Bonchev–Trinajstić information content (AvgIpc) is 3.04. The Morgan fingerprint density at radius 3 is 2.61 bits per heavy atom. The molecule has 0 bridgehead atoms. The minimum Gasteiger partial charge on any atom is -0.395 e. The molecule has 0 unspecified atom stereocenters. The third-order valence-corrected chi connectivity index (χ3v) is 5.40. The molecule has 0 radical (unpaired) electrons. The van der Waals surface area contributed by atoms with Crippen molar-refractivity contribution >= 4 is 11.8 Å². The van der Waals surface area contributed by atoms with Crippen LogP contribution in [0.15, 0.2) is 48.8 Å². The smallest absolute Gasteiger partial charge is 0.229 e. The number of carbonyl (C=O) groups is 2. The highest BCUT2D eigenvalue weighted by molar-refractivity contribution is 5.90. The number of aliphatic hydroxyl groups excluding tert-OH is 1. The first-order valence-electron chi connectivity index (χ1n) is 9.70. The van der Waals surface area contributed by atoms with Crippen LogP contribution >= 0.6 is 0 Å². The van der Waals surface area contributed by atoms with Gasteiger partial charge in [-0.25, -0.2) is 0 Å². The SMILES string of the molecule is CCN1C(=O)C[C@@H](C(=O)N(CCO)Cc2ccncc2)[C@@H]1c1ccccc1C. The first kappa shape index (κ1) is 20.0. The second kappa shape index (κ2) is 8.97. The number of nitrogens with zero attached hydrogens (tertiary/aromatic N) is 3. The molecule has 1 aromatic carbocycles. The second-order valence-electron chi connectivity index (χ2n) is 7.13. The van der Waals surface area contributed by atoms with Crippen LogP contribution in [-0.2, 0) is 16.1 Å². The van der Waals surface area contributed by atoms with E-state index in [2.05, 4.69) is 4.98 Å². The van der Waals surface area contributed by atoms with E-state index in [9.17, 15) is 14.7 Å². The van der Waals surface area contributed by atoms with Gasteiger partial charge in [-0.3, -0.25) is 14.6 Å².